The van der Waals surface area contributed by atoms with Crippen molar-refractivity contribution in [2.45, 2.75) is 50.7 Å². The first-order chi connectivity index (χ1) is 8.67. The van der Waals surface area contributed by atoms with Crippen LogP contribution < -0.4 is 5.32 Å². The molecule has 1 aromatic rings. The van der Waals surface area contributed by atoms with Crippen LogP contribution in [0.3, 0.4) is 0 Å². The molecule has 0 amide bonds. The van der Waals surface area contributed by atoms with Gasteiger partial charge in [-0.25, -0.2) is 0 Å². The third-order valence-electron chi connectivity index (χ3n) is 4.05. The highest BCUT2D eigenvalue weighted by atomic mass is 16.5. The Kier molecular flexibility index (Phi) is 4.40. The van der Waals surface area contributed by atoms with E-state index in [1.54, 1.807) is 0 Å². The van der Waals surface area contributed by atoms with Crippen molar-refractivity contribution in [3.8, 4) is 0 Å². The van der Waals surface area contributed by atoms with Crippen LogP contribution in [-0.2, 0) is 18.2 Å². The van der Waals surface area contributed by atoms with Crippen LogP contribution in [-0.4, -0.2) is 35.1 Å². The fraction of sp³-hybridized carbons (Fsp3) is 0.786. The SMILES string of the molecule is CCNC(Cc1cnn(C)c1)CC1(OC)CCC1. The number of methoxy groups -OCH3 is 1. The van der Waals surface area contributed by atoms with Gasteiger partial charge < -0.3 is 10.1 Å². The molecule has 4 nitrogen and oxygen atoms in total. The third kappa shape index (κ3) is 3.12. The molecule has 4 heteroatoms. The van der Waals surface area contributed by atoms with Crippen molar-refractivity contribution in [3.63, 3.8) is 0 Å². The van der Waals surface area contributed by atoms with Crippen LogP contribution in [0.2, 0.25) is 0 Å². The number of hydrogen-bond donors (Lipinski definition) is 1. The van der Waals surface area contributed by atoms with Crippen molar-refractivity contribution in [1.82, 2.24) is 15.1 Å². The number of aromatic nitrogens is 2. The second kappa shape index (κ2) is 5.85. The maximum absolute atomic E-state index is 5.73. The average Bonchev–Trinajstić information content (AvgIpc) is 2.69. The Hall–Kier alpha value is -0.870. The first kappa shape index (κ1) is 13.6. The highest BCUT2D eigenvalue weighted by molar-refractivity contribution is 5.07. The number of ether oxygens (including phenoxy) is 1. The minimum Gasteiger partial charge on any atom is -0.378 e. The van der Waals surface area contributed by atoms with Crippen LogP contribution in [0.4, 0.5) is 0 Å². The van der Waals surface area contributed by atoms with Gasteiger partial charge in [0.15, 0.2) is 0 Å². The lowest BCUT2D eigenvalue weighted by molar-refractivity contribution is -0.0833. The molecule has 0 radical (unpaired) electrons. The first-order valence-electron chi connectivity index (χ1n) is 6.93. The molecule has 1 heterocycles. The molecule has 18 heavy (non-hydrogen) atoms. The van der Waals surface area contributed by atoms with Crippen molar-refractivity contribution >= 4 is 0 Å². The van der Waals surface area contributed by atoms with Crippen LogP contribution >= 0.6 is 0 Å². The van der Waals surface area contributed by atoms with E-state index in [1.807, 2.05) is 25.0 Å². The Morgan fingerprint density at radius 3 is 2.78 bits per heavy atom. The molecule has 0 aliphatic heterocycles. The summed E-state index contributed by atoms with van der Waals surface area (Å²) in [6, 6.07) is 0.486. The standard InChI is InChI=1S/C14H25N3O/c1-4-15-13(8-12-10-16-17(2)11-12)9-14(18-3)6-5-7-14/h10-11,13,15H,4-9H2,1-3H3. The molecule has 0 aromatic carbocycles. The van der Waals surface area contributed by atoms with Crippen molar-refractivity contribution in [2.24, 2.45) is 7.05 Å². The average molecular weight is 251 g/mol. The van der Waals surface area contributed by atoms with Gasteiger partial charge >= 0.3 is 0 Å². The normalized spacial score (nSPS) is 19.5. The van der Waals surface area contributed by atoms with Crippen molar-refractivity contribution in [3.05, 3.63) is 18.0 Å². The molecule has 1 aliphatic rings. The molecule has 1 atom stereocenters. The van der Waals surface area contributed by atoms with Gasteiger partial charge in [-0.05, 0) is 44.2 Å². The van der Waals surface area contributed by atoms with Crippen LogP contribution in [0.5, 0.6) is 0 Å². The summed E-state index contributed by atoms with van der Waals surface area (Å²) in [4.78, 5) is 0. The van der Waals surface area contributed by atoms with Gasteiger partial charge in [-0.3, -0.25) is 4.68 Å². The van der Waals surface area contributed by atoms with Gasteiger partial charge in [-0.2, -0.15) is 5.10 Å². The highest BCUT2D eigenvalue weighted by Crippen LogP contribution is 2.39. The van der Waals surface area contributed by atoms with E-state index in [0.717, 1.165) is 19.4 Å². The van der Waals surface area contributed by atoms with Gasteiger partial charge in [0.2, 0.25) is 0 Å². The molecular formula is C14H25N3O. The quantitative estimate of drug-likeness (QED) is 0.804. The van der Waals surface area contributed by atoms with E-state index in [2.05, 4.69) is 23.5 Å². The Labute approximate surface area is 110 Å². The molecule has 0 bridgehead atoms. The molecule has 0 saturated heterocycles. The molecule has 1 fully saturated rings. The van der Waals surface area contributed by atoms with Crippen LogP contribution in [0.15, 0.2) is 12.4 Å². The zero-order valence-corrected chi connectivity index (χ0v) is 11.8. The molecule has 1 saturated carbocycles. The summed E-state index contributed by atoms with van der Waals surface area (Å²) >= 11 is 0. The maximum atomic E-state index is 5.73. The van der Waals surface area contributed by atoms with Gasteiger partial charge in [0.1, 0.15) is 0 Å². The number of likely N-dealkylation sites (N-methyl/N-ethyl adjacent to an activating group) is 1. The predicted molar refractivity (Wildman–Crippen MR) is 72.6 cm³/mol. The van der Waals surface area contributed by atoms with E-state index in [4.69, 9.17) is 4.74 Å². The molecule has 1 aliphatic carbocycles. The lowest BCUT2D eigenvalue weighted by Gasteiger charge is -2.43. The van der Waals surface area contributed by atoms with Crippen molar-refractivity contribution in [1.29, 1.82) is 0 Å². The number of nitrogens with zero attached hydrogens (tertiary/aromatic N) is 2. The number of nitrogens with one attached hydrogen (secondary N) is 1. The molecule has 0 spiro atoms. The lowest BCUT2D eigenvalue weighted by atomic mass is 9.75. The number of hydrogen-bond acceptors (Lipinski definition) is 3. The maximum Gasteiger partial charge on any atom is 0.0693 e. The summed E-state index contributed by atoms with van der Waals surface area (Å²) < 4.78 is 7.60. The molecular weight excluding hydrogens is 226 g/mol. The minimum atomic E-state index is 0.134. The van der Waals surface area contributed by atoms with Crippen LogP contribution in [0.25, 0.3) is 0 Å². The van der Waals surface area contributed by atoms with E-state index in [1.165, 1.54) is 24.8 Å². The molecule has 102 valence electrons. The van der Waals surface area contributed by atoms with Crippen molar-refractivity contribution < 1.29 is 4.74 Å². The smallest absolute Gasteiger partial charge is 0.0693 e. The summed E-state index contributed by atoms with van der Waals surface area (Å²) in [5, 5.41) is 7.82. The summed E-state index contributed by atoms with van der Waals surface area (Å²) in [5.41, 5.74) is 1.43. The minimum absolute atomic E-state index is 0.134. The van der Waals surface area contributed by atoms with Gasteiger partial charge in [-0.1, -0.05) is 6.92 Å². The highest BCUT2D eigenvalue weighted by Gasteiger charge is 2.38. The van der Waals surface area contributed by atoms with Crippen molar-refractivity contribution in [2.75, 3.05) is 13.7 Å². The van der Waals surface area contributed by atoms with Gasteiger partial charge in [0, 0.05) is 26.4 Å². The second-order valence-electron chi connectivity index (χ2n) is 5.43. The summed E-state index contributed by atoms with van der Waals surface area (Å²) in [5.74, 6) is 0. The Morgan fingerprint density at radius 1 is 1.56 bits per heavy atom. The molecule has 1 unspecified atom stereocenters. The molecule has 2 rings (SSSR count). The number of rotatable bonds is 7. The topological polar surface area (TPSA) is 39.1 Å². The van der Waals surface area contributed by atoms with Gasteiger partial charge in [0.05, 0.1) is 11.8 Å². The Morgan fingerprint density at radius 2 is 2.33 bits per heavy atom. The first-order valence-corrected chi connectivity index (χ1v) is 6.93. The zero-order valence-electron chi connectivity index (χ0n) is 11.8. The summed E-state index contributed by atoms with van der Waals surface area (Å²) in [6.45, 7) is 3.17. The van der Waals surface area contributed by atoms with E-state index in [-0.39, 0.29) is 5.60 Å². The Balaban J connectivity index is 1.95. The van der Waals surface area contributed by atoms with E-state index in [9.17, 15) is 0 Å². The molecule has 1 N–H and O–H groups in total. The van der Waals surface area contributed by atoms with Crippen LogP contribution in [0.1, 0.15) is 38.2 Å². The predicted octanol–water partition coefficient (Wildman–Crippen LogP) is 1.90. The Bertz CT molecular complexity index is 365. The summed E-state index contributed by atoms with van der Waals surface area (Å²) in [7, 11) is 3.82. The monoisotopic (exact) mass is 251 g/mol. The van der Waals surface area contributed by atoms with Crippen LogP contribution in [0, 0.1) is 0 Å². The summed E-state index contributed by atoms with van der Waals surface area (Å²) in [6.07, 6.45) is 9.92. The number of aryl methyl sites for hydroxylation is 1. The largest absolute Gasteiger partial charge is 0.378 e. The van der Waals surface area contributed by atoms with E-state index < -0.39 is 0 Å². The zero-order chi connectivity index (χ0) is 13.0. The fourth-order valence-electron chi connectivity index (χ4n) is 2.88. The van der Waals surface area contributed by atoms with E-state index in [0.29, 0.717) is 6.04 Å². The third-order valence-corrected chi connectivity index (χ3v) is 4.05. The fourth-order valence-corrected chi connectivity index (χ4v) is 2.88. The second-order valence-corrected chi connectivity index (χ2v) is 5.43. The lowest BCUT2D eigenvalue weighted by Crippen LogP contribution is -2.46. The van der Waals surface area contributed by atoms with Gasteiger partial charge in [0.25, 0.3) is 0 Å². The van der Waals surface area contributed by atoms with E-state index >= 15 is 0 Å². The van der Waals surface area contributed by atoms with Gasteiger partial charge in [-0.15, -0.1) is 0 Å². The molecule has 1 aromatic heterocycles.